The molecule has 5 rings (SSSR count). The molecule has 132 valence electrons. The average Bonchev–Trinajstić information content (AvgIpc) is 3.31. The summed E-state index contributed by atoms with van der Waals surface area (Å²) in [5, 5.41) is 13.5. The van der Waals surface area contributed by atoms with Gasteiger partial charge in [-0.3, -0.25) is 5.10 Å². The quantitative estimate of drug-likeness (QED) is 0.616. The fourth-order valence-corrected chi connectivity index (χ4v) is 3.52. The molecule has 4 heterocycles. The van der Waals surface area contributed by atoms with E-state index in [4.69, 9.17) is 9.84 Å². The van der Waals surface area contributed by atoms with E-state index < -0.39 is 0 Å². The van der Waals surface area contributed by atoms with Crippen molar-refractivity contribution in [3.63, 3.8) is 0 Å². The third-order valence-electron chi connectivity index (χ3n) is 4.96. The van der Waals surface area contributed by atoms with Crippen LogP contribution < -0.4 is 4.90 Å². The maximum atomic E-state index is 5.44. The van der Waals surface area contributed by atoms with E-state index in [1.165, 1.54) is 0 Å². The van der Waals surface area contributed by atoms with Crippen molar-refractivity contribution in [1.29, 1.82) is 0 Å². The third kappa shape index (κ3) is 2.43. The molecule has 7 heteroatoms. The summed E-state index contributed by atoms with van der Waals surface area (Å²) in [6.45, 7) is 5.33. The molecule has 4 aromatic rings. The Labute approximate surface area is 150 Å². The number of aromatic nitrogens is 5. The number of hydrogen-bond donors (Lipinski definition) is 1. The maximum absolute atomic E-state index is 5.44. The van der Waals surface area contributed by atoms with Gasteiger partial charge in [-0.15, -0.1) is 5.10 Å². The van der Waals surface area contributed by atoms with Crippen LogP contribution in [-0.2, 0) is 11.2 Å². The van der Waals surface area contributed by atoms with Crippen molar-refractivity contribution >= 4 is 22.4 Å². The highest BCUT2D eigenvalue weighted by Gasteiger charge is 2.15. The standard InChI is InChI=1S/C19H20N6O/c1-2-15-14-11-13(3-4-16(14)22-21-15)17-12-20-18-5-6-19(23-25(17)18)24-7-9-26-10-8-24/h3-6,11-12H,2,7-10H2,1H3,(H,21,22). The van der Waals surface area contributed by atoms with E-state index in [1.807, 2.05) is 22.8 Å². The first kappa shape index (κ1) is 15.3. The fraction of sp³-hybridized carbons (Fsp3) is 0.316. The Morgan fingerprint density at radius 1 is 1.15 bits per heavy atom. The smallest absolute Gasteiger partial charge is 0.154 e. The second kappa shape index (κ2) is 6.10. The van der Waals surface area contributed by atoms with Gasteiger partial charge >= 0.3 is 0 Å². The Hall–Kier alpha value is -2.93. The molecule has 1 aromatic carbocycles. The minimum Gasteiger partial charge on any atom is -0.378 e. The SMILES string of the molecule is CCc1n[nH]c2ccc(-c3cnc4ccc(N5CCOCC5)nn34)cc12. The van der Waals surface area contributed by atoms with Crippen molar-refractivity contribution in [3.05, 3.63) is 42.2 Å². The Bertz CT molecular complexity index is 1080. The number of aromatic amines is 1. The zero-order valence-corrected chi connectivity index (χ0v) is 14.6. The minimum atomic E-state index is 0.744. The molecule has 3 aromatic heterocycles. The van der Waals surface area contributed by atoms with Gasteiger partial charge in [0, 0.05) is 24.0 Å². The van der Waals surface area contributed by atoms with Crippen LogP contribution in [0.25, 0.3) is 27.8 Å². The summed E-state index contributed by atoms with van der Waals surface area (Å²) in [5.74, 6) is 0.957. The number of morpholine rings is 1. The Balaban J connectivity index is 1.62. The van der Waals surface area contributed by atoms with E-state index in [9.17, 15) is 0 Å². The summed E-state index contributed by atoms with van der Waals surface area (Å²) in [4.78, 5) is 6.78. The summed E-state index contributed by atoms with van der Waals surface area (Å²) < 4.78 is 7.37. The lowest BCUT2D eigenvalue weighted by Crippen LogP contribution is -2.37. The van der Waals surface area contributed by atoms with E-state index in [2.05, 4.69) is 45.2 Å². The highest BCUT2D eigenvalue weighted by molar-refractivity contribution is 5.86. The predicted molar refractivity (Wildman–Crippen MR) is 100 cm³/mol. The van der Waals surface area contributed by atoms with E-state index in [0.717, 1.165) is 72.0 Å². The number of rotatable bonds is 3. The number of nitrogens with zero attached hydrogens (tertiary/aromatic N) is 5. The number of hydrogen-bond acceptors (Lipinski definition) is 5. The van der Waals surface area contributed by atoms with Gasteiger partial charge in [-0.1, -0.05) is 13.0 Å². The van der Waals surface area contributed by atoms with Crippen molar-refractivity contribution < 1.29 is 4.74 Å². The molecule has 1 aliphatic heterocycles. The highest BCUT2D eigenvalue weighted by Crippen LogP contribution is 2.26. The molecule has 0 amide bonds. The summed E-state index contributed by atoms with van der Waals surface area (Å²) in [7, 11) is 0. The monoisotopic (exact) mass is 348 g/mol. The van der Waals surface area contributed by atoms with Gasteiger partial charge in [0.1, 0.15) is 5.82 Å². The van der Waals surface area contributed by atoms with Gasteiger partial charge in [0.25, 0.3) is 0 Å². The van der Waals surface area contributed by atoms with E-state index in [0.29, 0.717) is 0 Å². The zero-order chi connectivity index (χ0) is 17.5. The van der Waals surface area contributed by atoms with E-state index >= 15 is 0 Å². The van der Waals surface area contributed by atoms with Crippen LogP contribution >= 0.6 is 0 Å². The number of nitrogens with one attached hydrogen (secondary N) is 1. The van der Waals surface area contributed by atoms with Gasteiger partial charge in [-0.2, -0.15) is 5.10 Å². The van der Waals surface area contributed by atoms with Crippen LogP contribution in [0.3, 0.4) is 0 Å². The van der Waals surface area contributed by atoms with Crippen molar-refractivity contribution in [2.45, 2.75) is 13.3 Å². The maximum Gasteiger partial charge on any atom is 0.154 e. The van der Waals surface area contributed by atoms with Gasteiger partial charge in [-0.05, 0) is 30.7 Å². The molecule has 0 saturated carbocycles. The Morgan fingerprint density at radius 3 is 2.88 bits per heavy atom. The van der Waals surface area contributed by atoms with Crippen LogP contribution in [-0.4, -0.2) is 51.1 Å². The van der Waals surface area contributed by atoms with Crippen LogP contribution in [0.15, 0.2) is 36.5 Å². The van der Waals surface area contributed by atoms with Crippen molar-refractivity contribution in [3.8, 4) is 11.3 Å². The molecular formula is C19H20N6O. The summed E-state index contributed by atoms with van der Waals surface area (Å²) in [5.41, 5.74) is 5.06. The van der Waals surface area contributed by atoms with E-state index in [1.54, 1.807) is 0 Å². The molecule has 1 saturated heterocycles. The number of fused-ring (bicyclic) bond motifs is 2. The average molecular weight is 348 g/mol. The molecule has 1 aliphatic rings. The minimum absolute atomic E-state index is 0.744. The topological polar surface area (TPSA) is 71.3 Å². The predicted octanol–water partition coefficient (Wildman–Crippen LogP) is 2.67. The van der Waals surface area contributed by atoms with Crippen LogP contribution in [0, 0.1) is 0 Å². The molecule has 1 fully saturated rings. The first-order valence-corrected chi connectivity index (χ1v) is 8.98. The molecular weight excluding hydrogens is 328 g/mol. The normalized spacial score (nSPS) is 15.2. The number of anilines is 1. The number of imidazole rings is 1. The fourth-order valence-electron chi connectivity index (χ4n) is 3.52. The largest absolute Gasteiger partial charge is 0.378 e. The van der Waals surface area contributed by atoms with Gasteiger partial charge in [0.2, 0.25) is 0 Å². The van der Waals surface area contributed by atoms with Crippen LogP contribution in [0.4, 0.5) is 5.82 Å². The Morgan fingerprint density at radius 2 is 2.04 bits per heavy atom. The molecule has 0 bridgehead atoms. The molecule has 26 heavy (non-hydrogen) atoms. The third-order valence-corrected chi connectivity index (χ3v) is 4.96. The Kier molecular flexibility index (Phi) is 3.60. The summed E-state index contributed by atoms with van der Waals surface area (Å²) in [6.07, 6.45) is 2.79. The van der Waals surface area contributed by atoms with Gasteiger partial charge < -0.3 is 9.64 Å². The highest BCUT2D eigenvalue weighted by atomic mass is 16.5. The first-order valence-electron chi connectivity index (χ1n) is 8.98. The van der Waals surface area contributed by atoms with Gasteiger partial charge in [-0.25, -0.2) is 9.50 Å². The van der Waals surface area contributed by atoms with Crippen molar-refractivity contribution in [2.24, 2.45) is 0 Å². The lowest BCUT2D eigenvalue weighted by molar-refractivity contribution is 0.122. The molecule has 0 atom stereocenters. The number of aryl methyl sites for hydroxylation is 1. The second-order valence-corrected chi connectivity index (χ2v) is 6.49. The van der Waals surface area contributed by atoms with Crippen molar-refractivity contribution in [2.75, 3.05) is 31.2 Å². The molecule has 0 spiro atoms. The first-order chi connectivity index (χ1) is 12.8. The number of H-pyrrole nitrogens is 1. The molecule has 0 unspecified atom stereocenters. The van der Waals surface area contributed by atoms with Gasteiger partial charge in [0.05, 0.1) is 36.3 Å². The van der Waals surface area contributed by atoms with Gasteiger partial charge in [0.15, 0.2) is 5.65 Å². The van der Waals surface area contributed by atoms with Crippen molar-refractivity contribution in [1.82, 2.24) is 24.8 Å². The summed E-state index contributed by atoms with van der Waals surface area (Å²) in [6, 6.07) is 10.4. The second-order valence-electron chi connectivity index (χ2n) is 6.49. The summed E-state index contributed by atoms with van der Waals surface area (Å²) >= 11 is 0. The van der Waals surface area contributed by atoms with Crippen LogP contribution in [0.1, 0.15) is 12.6 Å². The molecule has 1 N–H and O–H groups in total. The van der Waals surface area contributed by atoms with E-state index in [-0.39, 0.29) is 0 Å². The molecule has 0 aliphatic carbocycles. The number of benzene rings is 1. The molecule has 7 nitrogen and oxygen atoms in total. The number of ether oxygens (including phenoxy) is 1. The lowest BCUT2D eigenvalue weighted by atomic mass is 10.1. The van der Waals surface area contributed by atoms with Crippen LogP contribution in [0.5, 0.6) is 0 Å². The van der Waals surface area contributed by atoms with Crippen LogP contribution in [0.2, 0.25) is 0 Å². The molecule has 0 radical (unpaired) electrons. The zero-order valence-electron chi connectivity index (χ0n) is 14.6. The lowest BCUT2D eigenvalue weighted by Gasteiger charge is -2.27.